The number of aromatic hydroxyl groups is 2. The molecule has 5 N–H and O–H groups in total. The van der Waals surface area contributed by atoms with Crippen LogP contribution in [-0.4, -0.2) is 29.7 Å². The van der Waals surface area contributed by atoms with E-state index in [-0.39, 0.29) is 17.3 Å². The number of carbonyl (C=O) groups is 1. The largest absolute Gasteiger partial charge is 0.508 e. The molecule has 0 saturated carbocycles. The predicted octanol–water partition coefficient (Wildman–Crippen LogP) is 6.08. The van der Waals surface area contributed by atoms with Crippen LogP contribution in [0.5, 0.6) is 17.2 Å². The number of nitrogens with one attached hydrogen (secondary N) is 1. The molecule has 6 nitrogen and oxygen atoms in total. The minimum Gasteiger partial charge on any atom is -0.508 e. The van der Waals surface area contributed by atoms with Crippen LogP contribution in [0.15, 0.2) is 78.7 Å². The molecule has 0 fully saturated rings. The average Bonchev–Trinajstić information content (AvgIpc) is 2.92. The molecule has 0 bridgehead atoms. The second-order valence-electron chi connectivity index (χ2n) is 9.70. The van der Waals surface area contributed by atoms with Crippen molar-refractivity contribution in [2.24, 2.45) is 5.73 Å². The Kier molecular flexibility index (Phi) is 8.74. The number of hydrogen-bond donors (Lipinski definition) is 4. The van der Waals surface area contributed by atoms with Crippen LogP contribution in [-0.2, 0) is 11.2 Å². The normalized spacial score (nSPS) is 14.2. The third kappa shape index (κ3) is 6.38. The maximum Gasteiger partial charge on any atom is 0.163 e. The van der Waals surface area contributed by atoms with Gasteiger partial charge in [-0.15, -0.1) is 0 Å². The van der Waals surface area contributed by atoms with E-state index in [9.17, 15) is 15.0 Å². The summed E-state index contributed by atoms with van der Waals surface area (Å²) in [5.41, 5.74) is 9.68. The monoisotopic (exact) mass is 512 g/mol. The van der Waals surface area contributed by atoms with Crippen LogP contribution in [0.25, 0.3) is 16.3 Å². The molecular formula is C32H36N2O4. The maximum absolute atomic E-state index is 13.7. The summed E-state index contributed by atoms with van der Waals surface area (Å²) in [5, 5.41) is 25.3. The number of phenolic OH excluding ortho intramolecular Hbond substituents is 2. The van der Waals surface area contributed by atoms with Gasteiger partial charge >= 0.3 is 0 Å². The van der Waals surface area contributed by atoms with Crippen LogP contribution in [0.2, 0.25) is 0 Å². The summed E-state index contributed by atoms with van der Waals surface area (Å²) in [4.78, 5) is 13.7. The van der Waals surface area contributed by atoms with Gasteiger partial charge in [-0.1, -0.05) is 56.2 Å². The number of fused-ring (bicyclic) bond motifs is 1. The lowest BCUT2D eigenvalue weighted by atomic mass is 9.84. The predicted molar refractivity (Wildman–Crippen MR) is 153 cm³/mol. The second kappa shape index (κ2) is 12.4. The van der Waals surface area contributed by atoms with Crippen molar-refractivity contribution < 1.29 is 19.7 Å². The number of phenols is 2. The van der Waals surface area contributed by atoms with E-state index in [0.29, 0.717) is 24.5 Å². The first-order valence-electron chi connectivity index (χ1n) is 13.1. The molecule has 1 aliphatic rings. The van der Waals surface area contributed by atoms with Gasteiger partial charge in [-0.3, -0.25) is 4.79 Å². The number of unbranched alkanes of at least 4 members (excludes halogenated alkanes) is 3. The fourth-order valence-corrected chi connectivity index (χ4v) is 4.83. The zero-order valence-corrected chi connectivity index (χ0v) is 22.0. The first kappa shape index (κ1) is 26.9. The number of hydrogen-bond acceptors (Lipinski definition) is 6. The molecule has 1 heterocycles. The molecule has 3 aromatic carbocycles. The molecule has 0 amide bonds. The van der Waals surface area contributed by atoms with E-state index in [1.807, 2.05) is 36.4 Å². The fraction of sp³-hybridized carbons (Fsp3) is 0.281. The van der Waals surface area contributed by atoms with Crippen LogP contribution in [0.4, 0.5) is 0 Å². The summed E-state index contributed by atoms with van der Waals surface area (Å²) in [6.07, 6.45) is 12.1. The number of rotatable bonds is 11. The lowest BCUT2D eigenvalue weighted by molar-refractivity contribution is -0.116. The van der Waals surface area contributed by atoms with E-state index in [0.717, 1.165) is 58.7 Å². The van der Waals surface area contributed by atoms with Gasteiger partial charge in [0.05, 0.1) is 18.8 Å². The zero-order chi connectivity index (χ0) is 27.1. The van der Waals surface area contributed by atoms with Crippen molar-refractivity contribution in [2.75, 3.05) is 13.7 Å². The molecule has 1 atom stereocenters. The topological polar surface area (TPSA) is 105 Å². The van der Waals surface area contributed by atoms with Gasteiger partial charge in [0.2, 0.25) is 0 Å². The van der Waals surface area contributed by atoms with Crippen LogP contribution >= 0.6 is 0 Å². The third-order valence-corrected chi connectivity index (χ3v) is 6.94. The molecule has 6 heteroatoms. The van der Waals surface area contributed by atoms with Crippen LogP contribution in [0, 0.1) is 0 Å². The van der Waals surface area contributed by atoms with E-state index >= 15 is 0 Å². The molecule has 3 aromatic rings. The molecule has 198 valence electrons. The summed E-state index contributed by atoms with van der Waals surface area (Å²) in [6, 6.07) is 14.6. The van der Waals surface area contributed by atoms with Crippen molar-refractivity contribution >= 4 is 22.1 Å². The van der Waals surface area contributed by atoms with Gasteiger partial charge < -0.3 is 26.0 Å². The fourth-order valence-electron chi connectivity index (χ4n) is 4.83. The minimum atomic E-state index is -0.463. The van der Waals surface area contributed by atoms with Crippen LogP contribution in [0.3, 0.4) is 0 Å². The minimum absolute atomic E-state index is 0.0129. The Morgan fingerprint density at radius 1 is 1.11 bits per heavy atom. The first-order valence-corrected chi connectivity index (χ1v) is 13.1. The highest BCUT2D eigenvalue weighted by Gasteiger charge is 2.23. The first-order chi connectivity index (χ1) is 18.4. The van der Waals surface area contributed by atoms with E-state index in [4.69, 9.17) is 10.5 Å². The molecule has 0 spiro atoms. The van der Waals surface area contributed by atoms with Crippen LogP contribution < -0.4 is 15.8 Å². The van der Waals surface area contributed by atoms with Crippen molar-refractivity contribution in [1.29, 1.82) is 0 Å². The van der Waals surface area contributed by atoms with Gasteiger partial charge in [0, 0.05) is 6.54 Å². The lowest BCUT2D eigenvalue weighted by Crippen LogP contribution is -2.24. The van der Waals surface area contributed by atoms with Crippen molar-refractivity contribution in [3.05, 3.63) is 95.3 Å². The molecule has 0 aliphatic carbocycles. The Hall–Kier alpha value is -4.19. The number of methoxy groups -OCH3 is 1. The molecule has 0 saturated heterocycles. The van der Waals surface area contributed by atoms with Crippen molar-refractivity contribution in [2.45, 2.75) is 44.9 Å². The molecule has 1 aliphatic heterocycles. The molecule has 38 heavy (non-hydrogen) atoms. The Morgan fingerprint density at radius 2 is 1.95 bits per heavy atom. The molecule has 0 radical (unpaired) electrons. The number of benzene rings is 3. The molecule has 0 aromatic heterocycles. The Morgan fingerprint density at radius 3 is 2.68 bits per heavy atom. The maximum atomic E-state index is 13.7. The Labute approximate surface area is 224 Å². The van der Waals surface area contributed by atoms with E-state index in [1.54, 1.807) is 30.3 Å². The lowest BCUT2D eigenvalue weighted by Gasteiger charge is -2.21. The third-order valence-electron chi connectivity index (χ3n) is 6.94. The smallest absolute Gasteiger partial charge is 0.163 e. The summed E-state index contributed by atoms with van der Waals surface area (Å²) in [6.45, 7) is 2.72. The van der Waals surface area contributed by atoms with E-state index < -0.39 is 5.92 Å². The average molecular weight is 513 g/mol. The second-order valence-corrected chi connectivity index (χ2v) is 9.70. The van der Waals surface area contributed by atoms with E-state index in [1.165, 1.54) is 7.11 Å². The van der Waals surface area contributed by atoms with Gasteiger partial charge in [0.15, 0.2) is 17.3 Å². The Bertz CT molecular complexity index is 1400. The van der Waals surface area contributed by atoms with Crippen molar-refractivity contribution in [1.82, 2.24) is 5.32 Å². The quantitative estimate of drug-likeness (QED) is 0.183. The Balaban J connectivity index is 1.80. The van der Waals surface area contributed by atoms with Gasteiger partial charge in [0.25, 0.3) is 0 Å². The molecule has 4 rings (SSSR count). The standard InChI is InChI=1S/C32H36N2O4/c1-3-4-5-6-7-8-29(36)28(15-21-9-13-30(37)31(16-21)38-2)24-17-23-18-25(35)11-12-26(23)27(19-24)22-10-14-32(33)34-20-22/h7-14,16-19,28,34-35,37H,3-6,15,20,33H2,1-2H3/b8-7+/t28-/m1/s1. The highest BCUT2D eigenvalue weighted by atomic mass is 16.5. The SMILES string of the molecule is CCCCC/C=C/C(=O)[C@H](Cc1ccc(O)c(OC)c1)c1cc(C2=CC=C(N)NC2)c2ccc(O)cc2c1. The number of dihydropyridines is 1. The number of carbonyl (C=O) groups excluding carboxylic acids is 1. The van der Waals surface area contributed by atoms with Gasteiger partial charge in [-0.25, -0.2) is 0 Å². The van der Waals surface area contributed by atoms with Crippen molar-refractivity contribution in [3.63, 3.8) is 0 Å². The summed E-state index contributed by atoms with van der Waals surface area (Å²) >= 11 is 0. The van der Waals surface area contributed by atoms with Gasteiger partial charge in [-0.2, -0.15) is 0 Å². The summed E-state index contributed by atoms with van der Waals surface area (Å²) in [7, 11) is 1.51. The molecular weight excluding hydrogens is 476 g/mol. The highest BCUT2D eigenvalue weighted by molar-refractivity contribution is 6.00. The van der Waals surface area contributed by atoms with Gasteiger partial charge in [-0.05, 0) is 88.7 Å². The zero-order valence-electron chi connectivity index (χ0n) is 22.0. The number of allylic oxidation sites excluding steroid dienone is 4. The molecule has 0 unspecified atom stereocenters. The summed E-state index contributed by atoms with van der Waals surface area (Å²) < 4.78 is 5.31. The summed E-state index contributed by atoms with van der Waals surface area (Å²) in [5.74, 6) is 0.754. The number of ether oxygens (including phenoxy) is 1. The highest BCUT2D eigenvalue weighted by Crippen LogP contribution is 2.35. The number of nitrogens with two attached hydrogens (primary N) is 1. The number of ketones is 1. The van der Waals surface area contributed by atoms with Crippen LogP contribution in [0.1, 0.15) is 55.2 Å². The van der Waals surface area contributed by atoms with Gasteiger partial charge in [0.1, 0.15) is 5.75 Å². The van der Waals surface area contributed by atoms with Crippen molar-refractivity contribution in [3.8, 4) is 17.2 Å². The van der Waals surface area contributed by atoms with E-state index in [2.05, 4.69) is 18.3 Å².